The number of rotatable bonds is 14. The van der Waals surface area contributed by atoms with Crippen LogP contribution in [0, 0.1) is 24.8 Å². The Hall–Kier alpha value is -4.40. The number of fused-ring (bicyclic) bond motifs is 1. The van der Waals surface area contributed by atoms with Gasteiger partial charge >= 0.3 is 23.9 Å². The molecule has 0 amide bonds. The van der Waals surface area contributed by atoms with Crippen LogP contribution in [0.5, 0.6) is 11.5 Å². The van der Waals surface area contributed by atoms with Crippen LogP contribution in [-0.4, -0.2) is 62.5 Å². The molecule has 0 spiro atoms. The van der Waals surface area contributed by atoms with E-state index < -0.39 is 49.3 Å². The van der Waals surface area contributed by atoms with Gasteiger partial charge in [0.15, 0.2) is 13.2 Å². The van der Waals surface area contributed by atoms with Crippen molar-refractivity contribution in [1.82, 2.24) is 0 Å². The lowest BCUT2D eigenvalue weighted by atomic mass is 10.2. The van der Waals surface area contributed by atoms with E-state index in [-0.39, 0.29) is 24.7 Å². The van der Waals surface area contributed by atoms with Crippen molar-refractivity contribution in [2.75, 3.05) is 26.4 Å². The molecule has 0 aromatic heterocycles. The molecule has 0 fully saturated rings. The number of hydrogen-bond donors (Lipinski definition) is 0. The fraction of sp³-hybridized carbons (Fsp3) is 0.333. The number of benzene rings is 1. The van der Waals surface area contributed by atoms with E-state index in [0.717, 1.165) is 35.7 Å². The maximum Gasteiger partial charge on any atom is 0.344 e. The lowest BCUT2D eigenvalue weighted by molar-refractivity contribution is -0.157. The van der Waals surface area contributed by atoms with Gasteiger partial charge in [0.1, 0.15) is 36.9 Å². The van der Waals surface area contributed by atoms with Gasteiger partial charge in [-0.25, -0.2) is 29.3 Å². The van der Waals surface area contributed by atoms with Crippen LogP contribution in [-0.2, 0) is 38.1 Å². The van der Waals surface area contributed by atoms with Crippen molar-refractivity contribution >= 4 is 47.4 Å². The lowest BCUT2D eigenvalue weighted by Gasteiger charge is -2.17. The summed E-state index contributed by atoms with van der Waals surface area (Å²) >= 11 is 2.18. The number of nitriles is 1. The van der Waals surface area contributed by atoms with Crippen LogP contribution in [0.25, 0.3) is 4.85 Å². The molecule has 0 radical (unpaired) electrons. The summed E-state index contributed by atoms with van der Waals surface area (Å²) in [5.74, 6) is -2.18. The summed E-state index contributed by atoms with van der Waals surface area (Å²) < 4.78 is 31.9. The quantitative estimate of drug-likeness (QED) is 0.0996. The molecule has 0 aliphatic carbocycles. The van der Waals surface area contributed by atoms with Crippen molar-refractivity contribution < 1.29 is 47.6 Å². The van der Waals surface area contributed by atoms with Crippen molar-refractivity contribution in [3.63, 3.8) is 0 Å². The van der Waals surface area contributed by atoms with Gasteiger partial charge in [-0.05, 0) is 32.4 Å². The van der Waals surface area contributed by atoms with Crippen LogP contribution in [0.2, 0.25) is 0 Å². The van der Waals surface area contributed by atoms with E-state index in [1.165, 1.54) is 0 Å². The highest BCUT2D eigenvalue weighted by Gasteiger charge is 2.31. The van der Waals surface area contributed by atoms with Crippen LogP contribution < -0.4 is 9.47 Å². The van der Waals surface area contributed by atoms with Gasteiger partial charge in [-0.1, -0.05) is 36.7 Å². The number of allylic oxidation sites excluding steroid dienone is 1. The average molecular weight is 603 g/mol. The van der Waals surface area contributed by atoms with Gasteiger partial charge < -0.3 is 28.4 Å². The lowest BCUT2D eigenvalue weighted by Crippen LogP contribution is -2.25. The zero-order valence-corrected chi connectivity index (χ0v) is 24.1. The molecule has 0 saturated heterocycles. The molecule has 2 rings (SSSR count). The second kappa shape index (κ2) is 16.0. The fourth-order valence-corrected chi connectivity index (χ4v) is 5.56. The van der Waals surface area contributed by atoms with Gasteiger partial charge in [0, 0.05) is 12.2 Å². The van der Waals surface area contributed by atoms with Crippen molar-refractivity contribution in [2.45, 2.75) is 42.8 Å². The zero-order chi connectivity index (χ0) is 30.5. The highest BCUT2D eigenvalue weighted by Crippen LogP contribution is 2.59. The van der Waals surface area contributed by atoms with Crippen molar-refractivity contribution in [1.29, 1.82) is 5.26 Å². The third-order valence-corrected chi connectivity index (χ3v) is 7.33. The van der Waals surface area contributed by atoms with Crippen molar-refractivity contribution in [2.24, 2.45) is 0 Å². The van der Waals surface area contributed by atoms with Crippen LogP contribution in [0.4, 0.5) is 0 Å². The predicted octanol–water partition coefficient (Wildman–Crippen LogP) is 3.88. The fourth-order valence-electron chi connectivity index (χ4n) is 2.99. The summed E-state index contributed by atoms with van der Waals surface area (Å²) in [5.41, 5.74) is 0.392. The van der Waals surface area contributed by atoms with Gasteiger partial charge in [0.25, 0.3) is 5.70 Å². The van der Waals surface area contributed by atoms with E-state index in [1.807, 2.05) is 6.07 Å². The molecule has 1 heterocycles. The molecule has 12 nitrogen and oxygen atoms in total. The summed E-state index contributed by atoms with van der Waals surface area (Å²) in [7, 11) is 0. The number of hydrogen-bond acceptors (Lipinski definition) is 13. The Labute approximate surface area is 245 Å². The number of aryl methyl sites for hydroxylation is 1. The highest BCUT2D eigenvalue weighted by atomic mass is 32.2. The van der Waals surface area contributed by atoms with Crippen LogP contribution >= 0.6 is 23.5 Å². The monoisotopic (exact) mass is 602 g/mol. The molecule has 14 heteroatoms. The number of ether oxygens (including phenoxy) is 6. The first-order valence-corrected chi connectivity index (χ1v) is 13.4. The van der Waals surface area contributed by atoms with E-state index in [0.29, 0.717) is 25.3 Å². The molecule has 1 aromatic rings. The zero-order valence-electron chi connectivity index (χ0n) is 22.4. The van der Waals surface area contributed by atoms with E-state index in [9.17, 15) is 24.4 Å². The number of nitrogens with zero attached hydrogens (tertiary/aromatic N) is 2. The number of carbonyl (C=O) groups excluding carboxylic acids is 4. The molecule has 1 aliphatic heterocycles. The summed E-state index contributed by atoms with van der Waals surface area (Å²) in [6, 6.07) is 3.43. The maximum atomic E-state index is 12.3. The van der Waals surface area contributed by atoms with Crippen LogP contribution in [0.3, 0.4) is 0 Å². The summed E-state index contributed by atoms with van der Waals surface area (Å²) in [6.07, 6.45) is 0.522. The van der Waals surface area contributed by atoms with Gasteiger partial charge in [-0.3, -0.25) is 0 Å². The molecule has 0 N–H and O–H groups in total. The van der Waals surface area contributed by atoms with E-state index in [2.05, 4.69) is 18.0 Å². The van der Waals surface area contributed by atoms with E-state index in [4.69, 9.17) is 35.0 Å². The minimum absolute atomic E-state index is 0.143. The second-order valence-electron chi connectivity index (χ2n) is 8.09. The average Bonchev–Trinajstić information content (AvgIpc) is 3.38. The Morgan fingerprint density at radius 1 is 0.976 bits per heavy atom. The molecule has 1 aromatic carbocycles. The van der Waals surface area contributed by atoms with Crippen molar-refractivity contribution in [3.05, 3.63) is 58.3 Å². The molecule has 41 heavy (non-hydrogen) atoms. The Bertz CT molecular complexity index is 1330. The number of carbonyl (C=O) groups is 4. The Balaban J connectivity index is 2.17. The normalized spacial score (nSPS) is 14.1. The maximum absolute atomic E-state index is 12.3. The second-order valence-corrected chi connectivity index (χ2v) is 10.4. The Kier molecular flexibility index (Phi) is 12.8. The third kappa shape index (κ3) is 9.94. The Morgan fingerprint density at radius 2 is 1.49 bits per heavy atom. The summed E-state index contributed by atoms with van der Waals surface area (Å²) in [4.78, 5) is 51.2. The van der Waals surface area contributed by atoms with Crippen molar-refractivity contribution in [3.8, 4) is 17.6 Å². The van der Waals surface area contributed by atoms with E-state index >= 15 is 0 Å². The van der Waals surface area contributed by atoms with Gasteiger partial charge in [-0.2, -0.15) is 0 Å². The summed E-state index contributed by atoms with van der Waals surface area (Å²) in [5, 5.41) is 9.36. The summed E-state index contributed by atoms with van der Waals surface area (Å²) in [6.45, 7) is 17.3. The van der Waals surface area contributed by atoms with Gasteiger partial charge in [-0.15, -0.1) is 0 Å². The SMILES string of the molecule is [C-]#[N+]/C(C#N)=C1\Sc2c(OCC(=O)OC(C)COC(=O)C=C)cc(C)c(OCC(=O)OC(C)COC(=O)C=C)c2S1. The number of thioether (sulfide) groups is 2. The van der Waals surface area contributed by atoms with Gasteiger partial charge in [0.2, 0.25) is 0 Å². The molecule has 0 bridgehead atoms. The minimum Gasteiger partial charge on any atom is -0.481 e. The largest absolute Gasteiger partial charge is 0.481 e. The van der Waals surface area contributed by atoms with Crippen LogP contribution in [0.15, 0.2) is 51.1 Å². The molecule has 2 unspecified atom stereocenters. The predicted molar refractivity (Wildman–Crippen MR) is 147 cm³/mol. The molecule has 216 valence electrons. The Morgan fingerprint density at radius 3 is 1.98 bits per heavy atom. The number of esters is 4. The smallest absolute Gasteiger partial charge is 0.344 e. The molecule has 2 atom stereocenters. The van der Waals surface area contributed by atoms with Crippen LogP contribution in [0.1, 0.15) is 19.4 Å². The first-order valence-electron chi connectivity index (χ1n) is 11.8. The molecule has 1 aliphatic rings. The molecule has 0 saturated carbocycles. The standard InChI is InChI=1S/C27H26N2O10S2/c1-7-20(30)35-11-16(4)38-22(32)13-34-19-9-15(3)24(26-25(19)40-27(41-26)18(10-28)29-6)37-14-23(33)39-17(5)12-36-21(31)8-2/h7-9,16-17H,1-2,11-14H2,3-5H3/b27-18+. The van der Waals surface area contributed by atoms with Gasteiger partial charge in [0.05, 0.1) is 26.7 Å². The third-order valence-electron chi connectivity index (χ3n) is 4.74. The highest BCUT2D eigenvalue weighted by molar-refractivity contribution is 8.24. The molecular weight excluding hydrogens is 576 g/mol. The first-order chi connectivity index (χ1) is 19.5. The molecular formula is C27H26N2O10S2. The first kappa shape index (κ1) is 32.8. The minimum atomic E-state index is -0.731. The topological polar surface area (TPSA) is 152 Å². The van der Waals surface area contributed by atoms with E-state index in [1.54, 1.807) is 26.8 Å².